The van der Waals surface area contributed by atoms with E-state index in [1.54, 1.807) is 12.6 Å². The van der Waals surface area contributed by atoms with Crippen LogP contribution in [0.25, 0.3) is 0 Å². The van der Waals surface area contributed by atoms with Crippen LogP contribution in [0.2, 0.25) is 0 Å². The third-order valence-corrected chi connectivity index (χ3v) is 5.30. The first kappa shape index (κ1) is 18.5. The Morgan fingerprint density at radius 1 is 1.15 bits per heavy atom. The van der Waals surface area contributed by atoms with Gasteiger partial charge in [0.25, 0.3) is 0 Å². The fraction of sp³-hybridized carbons (Fsp3) is 0.579. The molecule has 26 heavy (non-hydrogen) atoms. The summed E-state index contributed by atoms with van der Waals surface area (Å²) in [5, 5.41) is 21.6. The lowest BCUT2D eigenvalue weighted by atomic mass is 9.82. The molecule has 1 atom stereocenters. The summed E-state index contributed by atoms with van der Waals surface area (Å²) in [5.74, 6) is 0.274. The molecule has 0 bridgehead atoms. The largest absolute Gasteiger partial charge is 0.493 e. The highest BCUT2D eigenvalue weighted by atomic mass is 16.5. The number of ether oxygens (including phenoxy) is 2. The molecule has 2 aliphatic carbocycles. The second-order valence-electron chi connectivity index (χ2n) is 7.02. The zero-order valence-electron chi connectivity index (χ0n) is 15.0. The Labute approximate surface area is 152 Å². The fourth-order valence-electron chi connectivity index (χ4n) is 3.88. The number of benzene rings is 1. The highest BCUT2D eigenvalue weighted by Gasteiger charge is 2.31. The number of oxime groups is 1. The van der Waals surface area contributed by atoms with Crippen molar-refractivity contribution in [3.8, 4) is 11.5 Å². The van der Waals surface area contributed by atoms with Gasteiger partial charge in [0.05, 0.1) is 18.9 Å². The smallest absolute Gasteiger partial charge is 0.247 e. The lowest BCUT2D eigenvalue weighted by Crippen LogP contribution is -2.34. The van der Waals surface area contributed by atoms with Gasteiger partial charge in [0.1, 0.15) is 0 Å². The third kappa shape index (κ3) is 3.93. The van der Waals surface area contributed by atoms with Crippen molar-refractivity contribution >= 4 is 11.6 Å². The van der Waals surface area contributed by atoms with Gasteiger partial charge in [-0.25, -0.2) is 5.48 Å². The number of hydrogen-bond donors (Lipinski definition) is 3. The number of carbonyl (C=O) groups is 1. The zero-order valence-corrected chi connectivity index (χ0v) is 15.0. The number of methoxy groups -OCH3 is 1. The molecule has 142 valence electrons. The van der Waals surface area contributed by atoms with Crippen molar-refractivity contribution in [2.24, 2.45) is 11.1 Å². The van der Waals surface area contributed by atoms with Crippen LogP contribution in [0.5, 0.6) is 11.5 Å². The van der Waals surface area contributed by atoms with Crippen LogP contribution in [0.3, 0.4) is 0 Å². The molecule has 7 heteroatoms. The molecular weight excluding hydrogens is 336 g/mol. The van der Waals surface area contributed by atoms with Gasteiger partial charge in [0.2, 0.25) is 5.91 Å². The summed E-state index contributed by atoms with van der Waals surface area (Å²) in [6, 6.07) is 3.69. The predicted molar refractivity (Wildman–Crippen MR) is 95.2 cm³/mol. The van der Waals surface area contributed by atoms with Gasteiger partial charge in [0, 0.05) is 17.9 Å². The van der Waals surface area contributed by atoms with Crippen molar-refractivity contribution in [3.05, 3.63) is 23.3 Å². The molecular formula is C19H26N2O5. The minimum atomic E-state index is -0.488. The van der Waals surface area contributed by atoms with Crippen molar-refractivity contribution in [1.29, 1.82) is 0 Å². The fourth-order valence-corrected chi connectivity index (χ4v) is 3.88. The SMILES string of the molecule is COc1cc2c(cc1OC1CCCCCC1)CC(C(=O)NO)C/C2=N\O. The number of hydrogen-bond acceptors (Lipinski definition) is 6. The van der Waals surface area contributed by atoms with E-state index in [-0.39, 0.29) is 12.5 Å². The van der Waals surface area contributed by atoms with Crippen LogP contribution in [-0.2, 0) is 11.2 Å². The van der Waals surface area contributed by atoms with E-state index >= 15 is 0 Å². The molecule has 1 amide bonds. The van der Waals surface area contributed by atoms with Gasteiger partial charge in [-0.1, -0.05) is 18.0 Å². The Morgan fingerprint density at radius 3 is 2.50 bits per heavy atom. The average Bonchev–Trinajstić information content (AvgIpc) is 2.94. The Kier molecular flexibility index (Phi) is 5.98. The predicted octanol–water partition coefficient (Wildman–Crippen LogP) is 3.04. The number of hydroxylamine groups is 1. The number of fused-ring (bicyclic) bond motifs is 1. The number of nitrogens with zero attached hydrogens (tertiary/aromatic N) is 1. The molecule has 0 heterocycles. The van der Waals surface area contributed by atoms with E-state index in [4.69, 9.17) is 14.7 Å². The summed E-state index contributed by atoms with van der Waals surface area (Å²) in [4.78, 5) is 11.8. The molecule has 1 saturated carbocycles. The maximum atomic E-state index is 11.8. The monoisotopic (exact) mass is 362 g/mol. The molecule has 1 fully saturated rings. The molecule has 2 aliphatic rings. The first-order valence-corrected chi connectivity index (χ1v) is 9.19. The van der Waals surface area contributed by atoms with Crippen molar-refractivity contribution in [2.45, 2.75) is 57.5 Å². The summed E-state index contributed by atoms with van der Waals surface area (Å²) < 4.78 is 11.7. The molecule has 0 radical (unpaired) electrons. The summed E-state index contributed by atoms with van der Waals surface area (Å²) in [7, 11) is 1.59. The van der Waals surface area contributed by atoms with E-state index in [0.29, 0.717) is 23.6 Å². The van der Waals surface area contributed by atoms with E-state index in [2.05, 4.69) is 5.16 Å². The highest BCUT2D eigenvalue weighted by Crippen LogP contribution is 2.37. The lowest BCUT2D eigenvalue weighted by Gasteiger charge is -2.26. The second-order valence-corrected chi connectivity index (χ2v) is 7.02. The van der Waals surface area contributed by atoms with Gasteiger partial charge in [0.15, 0.2) is 11.5 Å². The number of nitrogens with one attached hydrogen (secondary N) is 1. The Hall–Kier alpha value is -2.28. The number of carbonyl (C=O) groups excluding carboxylic acids is 1. The van der Waals surface area contributed by atoms with E-state index in [1.807, 2.05) is 12.1 Å². The van der Waals surface area contributed by atoms with Crippen LogP contribution in [0.4, 0.5) is 0 Å². The standard InChI is InChI=1S/C19H26N2O5/c1-25-17-11-15-12(8-13(19(22)21-24)9-16(15)20-23)10-18(17)26-14-6-4-2-3-5-7-14/h10-11,13-14,23-24H,2-9H2,1H3,(H,21,22)/b20-16+. The molecule has 0 saturated heterocycles. The van der Waals surface area contributed by atoms with Crippen LogP contribution in [-0.4, -0.2) is 35.2 Å². The van der Waals surface area contributed by atoms with Crippen molar-refractivity contribution in [1.82, 2.24) is 5.48 Å². The van der Waals surface area contributed by atoms with Crippen LogP contribution >= 0.6 is 0 Å². The first-order chi connectivity index (χ1) is 12.7. The summed E-state index contributed by atoms with van der Waals surface area (Å²) in [6.45, 7) is 0. The van der Waals surface area contributed by atoms with Gasteiger partial charge in [-0.05, 0) is 49.8 Å². The normalized spacial score (nSPS) is 22.4. The minimum Gasteiger partial charge on any atom is -0.493 e. The highest BCUT2D eigenvalue weighted by molar-refractivity contribution is 6.05. The van der Waals surface area contributed by atoms with Gasteiger partial charge in [-0.2, -0.15) is 0 Å². The Bertz CT molecular complexity index is 681. The molecule has 3 rings (SSSR count). The van der Waals surface area contributed by atoms with Gasteiger partial charge >= 0.3 is 0 Å². The molecule has 0 aromatic heterocycles. The van der Waals surface area contributed by atoms with Gasteiger partial charge in [-0.15, -0.1) is 0 Å². The molecule has 7 nitrogen and oxygen atoms in total. The quantitative estimate of drug-likeness (QED) is 0.331. The van der Waals surface area contributed by atoms with Crippen molar-refractivity contribution in [3.63, 3.8) is 0 Å². The van der Waals surface area contributed by atoms with Crippen LogP contribution in [0.1, 0.15) is 56.1 Å². The zero-order chi connectivity index (χ0) is 18.5. The van der Waals surface area contributed by atoms with Crippen LogP contribution in [0, 0.1) is 5.92 Å². The van der Waals surface area contributed by atoms with E-state index in [0.717, 1.165) is 36.8 Å². The molecule has 3 N–H and O–H groups in total. The summed E-state index contributed by atoms with van der Waals surface area (Å²) in [5.41, 5.74) is 3.69. The molecule has 1 aromatic carbocycles. The topological polar surface area (TPSA) is 100 Å². The molecule has 1 aromatic rings. The average molecular weight is 362 g/mol. The Morgan fingerprint density at radius 2 is 1.88 bits per heavy atom. The number of amides is 1. The number of rotatable bonds is 4. The minimum absolute atomic E-state index is 0.163. The van der Waals surface area contributed by atoms with Gasteiger partial charge < -0.3 is 14.7 Å². The van der Waals surface area contributed by atoms with E-state index < -0.39 is 11.8 Å². The molecule has 1 unspecified atom stereocenters. The van der Waals surface area contributed by atoms with E-state index in [1.165, 1.54) is 12.8 Å². The first-order valence-electron chi connectivity index (χ1n) is 9.19. The van der Waals surface area contributed by atoms with Crippen molar-refractivity contribution < 1.29 is 24.7 Å². The maximum Gasteiger partial charge on any atom is 0.247 e. The van der Waals surface area contributed by atoms with Crippen LogP contribution in [0.15, 0.2) is 17.3 Å². The Balaban J connectivity index is 1.91. The molecule has 0 spiro atoms. The summed E-state index contributed by atoms with van der Waals surface area (Å²) in [6.07, 6.45) is 7.72. The second kappa shape index (κ2) is 8.40. The summed E-state index contributed by atoms with van der Waals surface area (Å²) >= 11 is 0. The molecule has 0 aliphatic heterocycles. The maximum absolute atomic E-state index is 11.8. The van der Waals surface area contributed by atoms with E-state index in [9.17, 15) is 10.0 Å². The lowest BCUT2D eigenvalue weighted by molar-refractivity contribution is -0.133. The van der Waals surface area contributed by atoms with Gasteiger partial charge in [-0.3, -0.25) is 10.0 Å². The van der Waals surface area contributed by atoms with Crippen molar-refractivity contribution in [2.75, 3.05) is 7.11 Å². The van der Waals surface area contributed by atoms with Crippen LogP contribution < -0.4 is 15.0 Å². The third-order valence-electron chi connectivity index (χ3n) is 5.30.